The van der Waals surface area contributed by atoms with E-state index < -0.39 is 0 Å². The fourth-order valence-corrected chi connectivity index (χ4v) is 3.62. The monoisotopic (exact) mass is 296 g/mol. The van der Waals surface area contributed by atoms with Crippen molar-refractivity contribution in [2.24, 2.45) is 5.41 Å². The molecule has 0 unspecified atom stereocenters. The summed E-state index contributed by atoms with van der Waals surface area (Å²) in [6, 6.07) is 0.821. The number of hydrogen-bond donors (Lipinski definition) is 1. The minimum atomic E-state index is 0. The van der Waals surface area contributed by atoms with Crippen LogP contribution in [-0.4, -0.2) is 50.3 Å². The molecule has 3 heterocycles. The predicted molar refractivity (Wildman–Crippen MR) is 79.1 cm³/mol. The van der Waals surface area contributed by atoms with Crippen molar-refractivity contribution in [2.45, 2.75) is 38.1 Å². The molecule has 3 fully saturated rings. The fourth-order valence-electron chi connectivity index (χ4n) is 3.62. The van der Waals surface area contributed by atoms with Gasteiger partial charge in [0.05, 0.1) is 6.61 Å². The van der Waals surface area contributed by atoms with E-state index in [4.69, 9.17) is 4.74 Å². The van der Waals surface area contributed by atoms with Crippen LogP contribution in [0.25, 0.3) is 0 Å². The zero-order valence-corrected chi connectivity index (χ0v) is 12.7. The van der Waals surface area contributed by atoms with Gasteiger partial charge in [0.2, 0.25) is 0 Å². The van der Waals surface area contributed by atoms with E-state index in [1.165, 1.54) is 58.3 Å². The number of piperidine rings is 1. The van der Waals surface area contributed by atoms with Gasteiger partial charge in [-0.15, -0.1) is 24.8 Å². The summed E-state index contributed by atoms with van der Waals surface area (Å²) in [7, 11) is 0. The molecule has 3 nitrogen and oxygen atoms in total. The highest BCUT2D eigenvalue weighted by atomic mass is 35.5. The maximum absolute atomic E-state index is 5.69. The van der Waals surface area contributed by atoms with Gasteiger partial charge in [0, 0.05) is 19.2 Å². The van der Waals surface area contributed by atoms with E-state index in [0.717, 1.165) is 19.3 Å². The van der Waals surface area contributed by atoms with Gasteiger partial charge in [-0.3, -0.25) is 4.90 Å². The van der Waals surface area contributed by atoms with E-state index >= 15 is 0 Å². The van der Waals surface area contributed by atoms with Crippen LogP contribution >= 0.6 is 24.8 Å². The summed E-state index contributed by atoms with van der Waals surface area (Å²) >= 11 is 0. The van der Waals surface area contributed by atoms with Crippen LogP contribution in [0.2, 0.25) is 0 Å². The van der Waals surface area contributed by atoms with E-state index in [1.807, 2.05) is 0 Å². The number of rotatable bonds is 1. The Balaban J connectivity index is 0.000000810. The first-order valence-electron chi connectivity index (χ1n) is 6.91. The number of nitrogens with zero attached hydrogens (tertiary/aromatic N) is 1. The topological polar surface area (TPSA) is 24.5 Å². The third kappa shape index (κ3) is 3.51. The molecule has 0 bridgehead atoms. The quantitative estimate of drug-likeness (QED) is 0.802. The fraction of sp³-hybridized carbons (Fsp3) is 1.00. The molecule has 0 radical (unpaired) electrons. The second-order valence-corrected chi connectivity index (χ2v) is 5.84. The van der Waals surface area contributed by atoms with Gasteiger partial charge in [-0.05, 0) is 57.2 Å². The average Bonchev–Trinajstić information content (AvgIpc) is 2.85. The molecule has 1 atom stereocenters. The molecule has 0 saturated carbocycles. The highest BCUT2D eigenvalue weighted by Crippen LogP contribution is 2.39. The molecule has 3 aliphatic heterocycles. The summed E-state index contributed by atoms with van der Waals surface area (Å²) in [6.45, 7) is 7.06. The largest absolute Gasteiger partial charge is 0.381 e. The molecule has 5 heteroatoms. The molecule has 108 valence electrons. The van der Waals surface area contributed by atoms with Crippen LogP contribution in [0.1, 0.15) is 32.1 Å². The molecule has 1 spiro atoms. The van der Waals surface area contributed by atoms with Gasteiger partial charge in [0.1, 0.15) is 0 Å². The molecule has 3 aliphatic rings. The van der Waals surface area contributed by atoms with E-state index in [-0.39, 0.29) is 24.8 Å². The van der Waals surface area contributed by atoms with Crippen molar-refractivity contribution in [3.05, 3.63) is 0 Å². The molecule has 1 N–H and O–H groups in total. The lowest BCUT2D eigenvalue weighted by Gasteiger charge is -2.45. The summed E-state index contributed by atoms with van der Waals surface area (Å²) in [6.07, 6.45) is 6.77. The Morgan fingerprint density at radius 2 is 1.89 bits per heavy atom. The lowest BCUT2D eigenvalue weighted by molar-refractivity contribution is -0.0474. The van der Waals surface area contributed by atoms with Crippen molar-refractivity contribution in [2.75, 3.05) is 39.4 Å². The molecule has 3 saturated heterocycles. The lowest BCUT2D eigenvalue weighted by Crippen LogP contribution is -2.48. The molecule has 0 aliphatic carbocycles. The summed E-state index contributed by atoms with van der Waals surface area (Å²) < 4.78 is 5.69. The highest BCUT2D eigenvalue weighted by Gasteiger charge is 2.38. The normalized spacial score (nSPS) is 31.7. The van der Waals surface area contributed by atoms with E-state index in [9.17, 15) is 0 Å². The Morgan fingerprint density at radius 3 is 2.44 bits per heavy atom. The number of ether oxygens (including phenoxy) is 1. The Labute approximate surface area is 123 Å². The number of nitrogens with one attached hydrogen (secondary N) is 1. The molecular weight excluding hydrogens is 271 g/mol. The second-order valence-electron chi connectivity index (χ2n) is 5.84. The van der Waals surface area contributed by atoms with Gasteiger partial charge in [-0.2, -0.15) is 0 Å². The molecular formula is C13H26Cl2N2O. The maximum Gasteiger partial charge on any atom is 0.0523 e. The van der Waals surface area contributed by atoms with Crippen LogP contribution in [0.5, 0.6) is 0 Å². The second kappa shape index (κ2) is 7.30. The van der Waals surface area contributed by atoms with Crippen molar-refractivity contribution in [1.29, 1.82) is 0 Å². The highest BCUT2D eigenvalue weighted by molar-refractivity contribution is 5.85. The number of hydrogen-bond acceptors (Lipinski definition) is 3. The lowest BCUT2D eigenvalue weighted by atomic mass is 9.74. The maximum atomic E-state index is 5.69. The van der Waals surface area contributed by atoms with E-state index in [2.05, 4.69) is 10.2 Å². The standard InChI is InChI=1S/C13H24N2O.2ClH/c1-3-13(11-16-9-1)4-7-15(8-5-13)12-2-6-14-10-12;;/h12,14H,1-11H2;2*1H/t12-;;/m1../s1. The summed E-state index contributed by atoms with van der Waals surface area (Å²) in [5.41, 5.74) is 0.556. The van der Waals surface area contributed by atoms with Crippen LogP contribution < -0.4 is 5.32 Å². The van der Waals surface area contributed by atoms with Gasteiger partial charge >= 0.3 is 0 Å². The van der Waals surface area contributed by atoms with Gasteiger partial charge in [-0.1, -0.05) is 0 Å². The summed E-state index contributed by atoms with van der Waals surface area (Å²) in [5, 5.41) is 3.47. The number of halogens is 2. The third-order valence-corrected chi connectivity index (χ3v) is 4.81. The Bertz CT molecular complexity index is 231. The van der Waals surface area contributed by atoms with E-state index in [0.29, 0.717) is 5.41 Å². The van der Waals surface area contributed by atoms with Crippen LogP contribution in [0, 0.1) is 5.41 Å². The Morgan fingerprint density at radius 1 is 1.11 bits per heavy atom. The van der Waals surface area contributed by atoms with Gasteiger partial charge in [0.15, 0.2) is 0 Å². The van der Waals surface area contributed by atoms with Crippen LogP contribution in [0.3, 0.4) is 0 Å². The Hall–Kier alpha value is 0.460. The smallest absolute Gasteiger partial charge is 0.0523 e. The van der Waals surface area contributed by atoms with Crippen LogP contribution in [0.4, 0.5) is 0 Å². The SMILES string of the molecule is C1COCC2(C1)CCN([C@@H]1CCNC1)CC2.Cl.Cl. The zero-order chi connectivity index (χ0) is 10.8. The van der Waals surface area contributed by atoms with Crippen molar-refractivity contribution in [1.82, 2.24) is 10.2 Å². The molecule has 18 heavy (non-hydrogen) atoms. The minimum Gasteiger partial charge on any atom is -0.381 e. The first kappa shape index (κ1) is 16.5. The Kier molecular flexibility index (Phi) is 6.70. The van der Waals surface area contributed by atoms with Crippen molar-refractivity contribution in [3.63, 3.8) is 0 Å². The third-order valence-electron chi connectivity index (χ3n) is 4.81. The molecule has 0 aromatic rings. The minimum absolute atomic E-state index is 0. The van der Waals surface area contributed by atoms with Crippen molar-refractivity contribution < 1.29 is 4.74 Å². The van der Waals surface area contributed by atoms with E-state index in [1.54, 1.807) is 0 Å². The molecule has 0 amide bonds. The van der Waals surface area contributed by atoms with Crippen molar-refractivity contribution >= 4 is 24.8 Å². The van der Waals surface area contributed by atoms with Gasteiger partial charge in [0.25, 0.3) is 0 Å². The summed E-state index contributed by atoms with van der Waals surface area (Å²) in [5.74, 6) is 0. The first-order chi connectivity index (χ1) is 7.88. The van der Waals surface area contributed by atoms with Crippen molar-refractivity contribution in [3.8, 4) is 0 Å². The van der Waals surface area contributed by atoms with Gasteiger partial charge < -0.3 is 10.1 Å². The number of likely N-dealkylation sites (tertiary alicyclic amines) is 1. The van der Waals surface area contributed by atoms with Gasteiger partial charge in [-0.25, -0.2) is 0 Å². The first-order valence-corrected chi connectivity index (χ1v) is 6.91. The van der Waals surface area contributed by atoms with Crippen LogP contribution in [-0.2, 0) is 4.74 Å². The van der Waals surface area contributed by atoms with Crippen LogP contribution in [0.15, 0.2) is 0 Å². The predicted octanol–water partition coefficient (Wildman–Crippen LogP) is 2.08. The molecule has 0 aromatic heterocycles. The molecule has 0 aromatic carbocycles. The molecule has 3 rings (SSSR count). The summed E-state index contributed by atoms with van der Waals surface area (Å²) in [4.78, 5) is 2.71. The zero-order valence-electron chi connectivity index (χ0n) is 11.0. The average molecular weight is 297 g/mol.